The number of carbonyl (C=O) groups is 1. The standard InChI is InChI=1S/C16H21FN2O2/c17-13-1-3-14(4-2-13)19-9-7-18(8-10-19)12-16(5-6-16)11-15(20)21/h1-4H,5-12H2,(H,20,21). The van der Waals surface area contributed by atoms with Crippen LogP contribution in [0.15, 0.2) is 24.3 Å². The SMILES string of the molecule is O=C(O)CC1(CN2CCN(c3ccc(F)cc3)CC2)CC1. The van der Waals surface area contributed by atoms with E-state index < -0.39 is 5.97 Å². The van der Waals surface area contributed by atoms with E-state index in [-0.39, 0.29) is 11.2 Å². The summed E-state index contributed by atoms with van der Waals surface area (Å²) in [7, 11) is 0. The highest BCUT2D eigenvalue weighted by atomic mass is 19.1. The lowest BCUT2D eigenvalue weighted by molar-refractivity contribution is -0.138. The van der Waals surface area contributed by atoms with Crippen molar-refractivity contribution in [3.8, 4) is 0 Å². The van der Waals surface area contributed by atoms with E-state index in [0.717, 1.165) is 51.3 Å². The van der Waals surface area contributed by atoms with Crippen LogP contribution in [0.2, 0.25) is 0 Å². The fourth-order valence-corrected chi connectivity index (χ4v) is 3.18. The van der Waals surface area contributed by atoms with Gasteiger partial charge < -0.3 is 10.0 Å². The van der Waals surface area contributed by atoms with Crippen molar-refractivity contribution in [1.82, 2.24) is 4.90 Å². The van der Waals surface area contributed by atoms with E-state index in [0.29, 0.717) is 6.42 Å². The maximum Gasteiger partial charge on any atom is 0.303 e. The molecular formula is C16H21FN2O2. The molecule has 0 radical (unpaired) electrons. The third-order valence-electron chi connectivity index (χ3n) is 4.61. The van der Waals surface area contributed by atoms with Gasteiger partial charge in [-0.25, -0.2) is 4.39 Å². The van der Waals surface area contributed by atoms with Crippen LogP contribution in [0.3, 0.4) is 0 Å². The van der Waals surface area contributed by atoms with Gasteiger partial charge in [0.15, 0.2) is 0 Å². The minimum atomic E-state index is -0.683. The molecule has 1 aliphatic heterocycles. The van der Waals surface area contributed by atoms with Crippen molar-refractivity contribution in [1.29, 1.82) is 0 Å². The zero-order valence-corrected chi connectivity index (χ0v) is 12.1. The van der Waals surface area contributed by atoms with Crippen LogP contribution < -0.4 is 4.90 Å². The van der Waals surface area contributed by atoms with Crippen molar-refractivity contribution in [2.45, 2.75) is 19.3 Å². The van der Waals surface area contributed by atoms with Gasteiger partial charge in [-0.1, -0.05) is 0 Å². The second-order valence-electron chi connectivity index (χ2n) is 6.31. The average Bonchev–Trinajstić information content (AvgIpc) is 3.19. The largest absolute Gasteiger partial charge is 0.481 e. The lowest BCUT2D eigenvalue weighted by Crippen LogP contribution is -2.48. The Morgan fingerprint density at radius 3 is 2.29 bits per heavy atom. The summed E-state index contributed by atoms with van der Waals surface area (Å²) in [5, 5.41) is 8.97. The van der Waals surface area contributed by atoms with Crippen molar-refractivity contribution in [3.05, 3.63) is 30.1 Å². The van der Waals surface area contributed by atoms with E-state index in [1.54, 1.807) is 0 Å². The van der Waals surface area contributed by atoms with Crippen LogP contribution in [0.5, 0.6) is 0 Å². The van der Waals surface area contributed by atoms with Crippen LogP contribution in [-0.4, -0.2) is 48.7 Å². The van der Waals surface area contributed by atoms with Gasteiger partial charge >= 0.3 is 5.97 Å². The summed E-state index contributed by atoms with van der Waals surface area (Å²) < 4.78 is 12.9. The third kappa shape index (κ3) is 3.53. The predicted octanol–water partition coefficient (Wildman–Crippen LogP) is 2.20. The number of halogens is 1. The highest BCUT2D eigenvalue weighted by molar-refractivity contribution is 5.68. The normalized spacial score (nSPS) is 21.3. The van der Waals surface area contributed by atoms with Crippen molar-refractivity contribution >= 4 is 11.7 Å². The number of anilines is 1. The van der Waals surface area contributed by atoms with Crippen molar-refractivity contribution in [2.24, 2.45) is 5.41 Å². The van der Waals surface area contributed by atoms with Crippen molar-refractivity contribution < 1.29 is 14.3 Å². The zero-order chi connectivity index (χ0) is 14.9. The summed E-state index contributed by atoms with van der Waals surface area (Å²) in [6, 6.07) is 6.62. The van der Waals surface area contributed by atoms with Crippen LogP contribution in [0.1, 0.15) is 19.3 Å². The summed E-state index contributed by atoms with van der Waals surface area (Å²) in [6.07, 6.45) is 2.38. The number of rotatable bonds is 5. The lowest BCUT2D eigenvalue weighted by Gasteiger charge is -2.37. The molecule has 1 aliphatic carbocycles. The van der Waals surface area contributed by atoms with E-state index in [2.05, 4.69) is 9.80 Å². The van der Waals surface area contributed by atoms with Gasteiger partial charge in [-0.3, -0.25) is 9.69 Å². The van der Waals surface area contributed by atoms with Crippen LogP contribution in [0, 0.1) is 11.2 Å². The van der Waals surface area contributed by atoms with Gasteiger partial charge in [0.1, 0.15) is 5.82 Å². The Morgan fingerprint density at radius 2 is 1.76 bits per heavy atom. The first-order valence-electron chi connectivity index (χ1n) is 7.51. The molecule has 1 saturated heterocycles. The number of nitrogens with zero attached hydrogens (tertiary/aromatic N) is 2. The molecule has 3 rings (SSSR count). The minimum Gasteiger partial charge on any atom is -0.481 e. The van der Waals surface area contributed by atoms with E-state index in [1.807, 2.05) is 12.1 Å². The predicted molar refractivity (Wildman–Crippen MR) is 79.0 cm³/mol. The molecule has 114 valence electrons. The number of hydrogen-bond donors (Lipinski definition) is 1. The van der Waals surface area contributed by atoms with Gasteiger partial charge in [-0.05, 0) is 42.5 Å². The fourth-order valence-electron chi connectivity index (χ4n) is 3.18. The highest BCUT2D eigenvalue weighted by Gasteiger charge is 2.45. The Labute approximate surface area is 124 Å². The molecule has 2 fully saturated rings. The Morgan fingerprint density at radius 1 is 1.14 bits per heavy atom. The van der Waals surface area contributed by atoms with Gasteiger partial charge in [-0.2, -0.15) is 0 Å². The van der Waals surface area contributed by atoms with Crippen molar-refractivity contribution in [3.63, 3.8) is 0 Å². The quantitative estimate of drug-likeness (QED) is 0.903. The maximum absolute atomic E-state index is 12.9. The molecule has 0 spiro atoms. The third-order valence-corrected chi connectivity index (χ3v) is 4.61. The molecule has 2 aliphatic rings. The minimum absolute atomic E-state index is 0.0316. The first-order valence-corrected chi connectivity index (χ1v) is 7.51. The molecular weight excluding hydrogens is 271 g/mol. The van der Waals surface area contributed by atoms with Gasteiger partial charge in [0.2, 0.25) is 0 Å². The number of aliphatic carboxylic acids is 1. The summed E-state index contributed by atoms with van der Waals surface area (Å²) in [5.41, 5.74) is 1.09. The summed E-state index contributed by atoms with van der Waals surface area (Å²) in [5.74, 6) is -0.890. The second kappa shape index (κ2) is 5.64. The number of carboxylic acid groups (broad SMARTS) is 1. The van der Waals surface area contributed by atoms with Crippen molar-refractivity contribution in [2.75, 3.05) is 37.6 Å². The molecule has 4 nitrogen and oxygen atoms in total. The number of benzene rings is 1. The van der Waals surface area contributed by atoms with Gasteiger partial charge in [0.25, 0.3) is 0 Å². The van der Waals surface area contributed by atoms with E-state index in [9.17, 15) is 9.18 Å². The number of hydrogen-bond acceptors (Lipinski definition) is 3. The lowest BCUT2D eigenvalue weighted by atomic mass is 10.0. The smallest absolute Gasteiger partial charge is 0.303 e. The molecule has 1 aromatic rings. The van der Waals surface area contributed by atoms with Crippen LogP contribution in [0.4, 0.5) is 10.1 Å². The summed E-state index contributed by atoms with van der Waals surface area (Å²) >= 11 is 0. The molecule has 0 atom stereocenters. The molecule has 21 heavy (non-hydrogen) atoms. The average molecular weight is 292 g/mol. The highest BCUT2D eigenvalue weighted by Crippen LogP contribution is 2.49. The molecule has 0 aromatic heterocycles. The molecule has 1 saturated carbocycles. The first kappa shape index (κ1) is 14.3. The van der Waals surface area contributed by atoms with E-state index in [1.165, 1.54) is 12.1 Å². The number of carboxylic acids is 1. The molecule has 0 unspecified atom stereocenters. The second-order valence-corrected chi connectivity index (χ2v) is 6.31. The first-order chi connectivity index (χ1) is 10.1. The molecule has 0 bridgehead atoms. The van der Waals surface area contributed by atoms with Crippen LogP contribution >= 0.6 is 0 Å². The Balaban J connectivity index is 1.51. The summed E-state index contributed by atoms with van der Waals surface area (Å²) in [6.45, 7) is 4.61. The van der Waals surface area contributed by atoms with Gasteiger partial charge in [0.05, 0.1) is 6.42 Å². The molecule has 1 aromatic carbocycles. The zero-order valence-electron chi connectivity index (χ0n) is 12.1. The topological polar surface area (TPSA) is 43.8 Å². The van der Waals surface area contributed by atoms with E-state index in [4.69, 9.17) is 5.11 Å². The maximum atomic E-state index is 12.9. The molecule has 1 N–H and O–H groups in total. The summed E-state index contributed by atoms with van der Waals surface area (Å²) in [4.78, 5) is 15.5. The molecule has 0 amide bonds. The monoisotopic (exact) mass is 292 g/mol. The van der Waals surface area contributed by atoms with E-state index >= 15 is 0 Å². The Hall–Kier alpha value is -1.62. The van der Waals surface area contributed by atoms with Crippen LogP contribution in [-0.2, 0) is 4.79 Å². The molecule has 1 heterocycles. The Kier molecular flexibility index (Phi) is 3.85. The number of piperazine rings is 1. The fraction of sp³-hybridized carbons (Fsp3) is 0.562. The van der Waals surface area contributed by atoms with Crippen LogP contribution in [0.25, 0.3) is 0 Å². The Bertz CT molecular complexity index is 506. The molecule has 5 heteroatoms. The van der Waals surface area contributed by atoms with Gasteiger partial charge in [-0.15, -0.1) is 0 Å². The van der Waals surface area contributed by atoms with Gasteiger partial charge in [0, 0.05) is 38.4 Å².